The summed E-state index contributed by atoms with van der Waals surface area (Å²) in [5.74, 6) is -1.57. The Kier molecular flexibility index (Phi) is 3.09. The molecule has 0 spiro atoms. The lowest BCUT2D eigenvalue weighted by atomic mass is 10.2. The molecule has 0 aliphatic carbocycles. The highest BCUT2D eigenvalue weighted by atomic mass is 19.1. The van der Waals surface area contributed by atoms with Gasteiger partial charge in [-0.1, -0.05) is 6.07 Å². The van der Waals surface area contributed by atoms with Gasteiger partial charge in [0.25, 0.3) is 11.5 Å². The van der Waals surface area contributed by atoms with Crippen LogP contribution in [0.15, 0.2) is 41.3 Å². The van der Waals surface area contributed by atoms with Crippen LogP contribution in [0.3, 0.4) is 0 Å². The molecule has 6 heteroatoms. The van der Waals surface area contributed by atoms with Crippen LogP contribution < -0.4 is 10.9 Å². The number of halogens is 1. The molecule has 0 saturated heterocycles. The second kappa shape index (κ2) is 4.70. The van der Waals surface area contributed by atoms with Crippen molar-refractivity contribution in [3.8, 4) is 5.75 Å². The maximum absolute atomic E-state index is 12.9. The molecule has 0 atom stereocenters. The molecule has 2 aromatic rings. The quantitative estimate of drug-likeness (QED) is 0.752. The summed E-state index contributed by atoms with van der Waals surface area (Å²) in [7, 11) is 0. The van der Waals surface area contributed by atoms with Gasteiger partial charge in [-0.25, -0.2) is 4.39 Å². The Morgan fingerprint density at radius 3 is 2.78 bits per heavy atom. The highest BCUT2D eigenvalue weighted by Gasteiger charge is 2.11. The summed E-state index contributed by atoms with van der Waals surface area (Å²) in [6.07, 6.45) is 1.09. The number of aromatic nitrogens is 1. The number of hydrogen-bond acceptors (Lipinski definition) is 3. The van der Waals surface area contributed by atoms with Gasteiger partial charge in [-0.05, 0) is 18.2 Å². The molecule has 1 aromatic carbocycles. The van der Waals surface area contributed by atoms with Crippen molar-refractivity contribution in [3.05, 3.63) is 58.3 Å². The first-order valence-electron chi connectivity index (χ1n) is 5.05. The lowest BCUT2D eigenvalue weighted by molar-refractivity contribution is 0.102. The molecule has 5 nitrogen and oxygen atoms in total. The first-order chi connectivity index (χ1) is 8.56. The number of H-pyrrole nitrogens is 1. The van der Waals surface area contributed by atoms with Crippen LogP contribution in [0.1, 0.15) is 10.4 Å². The fraction of sp³-hybridized carbons (Fsp3) is 0. The molecule has 0 aliphatic heterocycles. The molecule has 2 rings (SSSR count). The standard InChI is InChI=1S/C12H9FN2O3/c13-7-2-1-3-8(4-7)15-12(18)9-6-14-11(17)5-10(9)16/h1-6H,(H,15,18)(H2,14,16,17). The molecule has 0 unspecified atom stereocenters. The third kappa shape index (κ3) is 2.54. The van der Waals surface area contributed by atoms with E-state index in [0.29, 0.717) is 0 Å². The second-order valence-electron chi connectivity index (χ2n) is 3.56. The van der Waals surface area contributed by atoms with Crippen molar-refractivity contribution in [3.63, 3.8) is 0 Å². The number of carbonyl (C=O) groups is 1. The van der Waals surface area contributed by atoms with E-state index in [9.17, 15) is 19.1 Å². The highest BCUT2D eigenvalue weighted by molar-refractivity contribution is 6.05. The SMILES string of the molecule is O=C(Nc1cccc(F)c1)c1c[nH]c(=O)cc1O. The third-order valence-corrected chi connectivity index (χ3v) is 2.23. The topological polar surface area (TPSA) is 82.2 Å². The number of carbonyl (C=O) groups excluding carboxylic acids is 1. The summed E-state index contributed by atoms with van der Waals surface area (Å²) in [6.45, 7) is 0. The van der Waals surface area contributed by atoms with Crippen LogP contribution in [0.5, 0.6) is 5.75 Å². The number of anilines is 1. The summed E-state index contributed by atoms with van der Waals surface area (Å²) < 4.78 is 12.9. The molecule has 1 amide bonds. The number of aromatic amines is 1. The Morgan fingerprint density at radius 2 is 2.11 bits per heavy atom. The molecular formula is C12H9FN2O3. The van der Waals surface area contributed by atoms with Crippen molar-refractivity contribution in [1.82, 2.24) is 4.98 Å². The zero-order valence-corrected chi connectivity index (χ0v) is 9.11. The molecule has 3 N–H and O–H groups in total. The smallest absolute Gasteiger partial charge is 0.260 e. The number of benzene rings is 1. The van der Waals surface area contributed by atoms with Gasteiger partial charge < -0.3 is 15.4 Å². The number of rotatable bonds is 2. The first kappa shape index (κ1) is 11.8. The Balaban J connectivity index is 2.25. The predicted octanol–water partition coefficient (Wildman–Crippen LogP) is 1.47. The van der Waals surface area contributed by atoms with Crippen LogP contribution in [-0.4, -0.2) is 16.0 Å². The van der Waals surface area contributed by atoms with Crippen LogP contribution in [0.2, 0.25) is 0 Å². The van der Waals surface area contributed by atoms with Gasteiger partial charge in [-0.2, -0.15) is 0 Å². The lowest BCUT2D eigenvalue weighted by Gasteiger charge is -2.06. The Bertz CT molecular complexity index is 652. The van der Waals surface area contributed by atoms with Crippen molar-refractivity contribution < 1.29 is 14.3 Å². The minimum atomic E-state index is -0.644. The van der Waals surface area contributed by atoms with Gasteiger partial charge in [0.1, 0.15) is 11.6 Å². The van der Waals surface area contributed by atoms with E-state index in [0.717, 1.165) is 18.3 Å². The van der Waals surface area contributed by atoms with E-state index < -0.39 is 23.0 Å². The molecule has 0 saturated carbocycles. The minimum absolute atomic E-state index is 0.0983. The summed E-state index contributed by atoms with van der Waals surface area (Å²) >= 11 is 0. The van der Waals surface area contributed by atoms with Gasteiger partial charge in [-0.15, -0.1) is 0 Å². The molecule has 0 fully saturated rings. The van der Waals surface area contributed by atoms with E-state index in [-0.39, 0.29) is 11.3 Å². The van der Waals surface area contributed by atoms with Crippen molar-refractivity contribution >= 4 is 11.6 Å². The van der Waals surface area contributed by atoms with Crippen molar-refractivity contribution in [2.24, 2.45) is 0 Å². The monoisotopic (exact) mass is 248 g/mol. The van der Waals surface area contributed by atoms with Crippen LogP contribution in [0.4, 0.5) is 10.1 Å². The molecule has 0 bridgehead atoms. The zero-order valence-electron chi connectivity index (χ0n) is 9.11. The normalized spacial score (nSPS) is 10.1. The second-order valence-corrected chi connectivity index (χ2v) is 3.56. The number of amides is 1. The van der Waals surface area contributed by atoms with E-state index in [2.05, 4.69) is 10.3 Å². The van der Waals surface area contributed by atoms with Gasteiger partial charge in [0, 0.05) is 18.0 Å². The van der Waals surface area contributed by atoms with Crippen LogP contribution >= 0.6 is 0 Å². The summed E-state index contributed by atoms with van der Waals surface area (Å²) in [5, 5.41) is 11.8. The van der Waals surface area contributed by atoms with E-state index in [1.807, 2.05) is 0 Å². The maximum Gasteiger partial charge on any atom is 0.260 e. The molecule has 1 aromatic heterocycles. The minimum Gasteiger partial charge on any atom is -0.507 e. The number of nitrogens with one attached hydrogen (secondary N) is 2. The number of aromatic hydroxyl groups is 1. The van der Waals surface area contributed by atoms with Crippen molar-refractivity contribution in [2.75, 3.05) is 5.32 Å². The fourth-order valence-electron chi connectivity index (χ4n) is 1.41. The molecule has 18 heavy (non-hydrogen) atoms. The van der Waals surface area contributed by atoms with Gasteiger partial charge >= 0.3 is 0 Å². The summed E-state index contributed by atoms with van der Waals surface area (Å²) in [4.78, 5) is 24.9. The summed E-state index contributed by atoms with van der Waals surface area (Å²) in [6, 6.07) is 6.22. The van der Waals surface area contributed by atoms with E-state index in [1.54, 1.807) is 0 Å². The summed E-state index contributed by atoms with van der Waals surface area (Å²) in [5.41, 5.74) is -0.362. The Morgan fingerprint density at radius 1 is 1.33 bits per heavy atom. The van der Waals surface area contributed by atoms with Gasteiger partial charge in [0.2, 0.25) is 0 Å². The maximum atomic E-state index is 12.9. The van der Waals surface area contributed by atoms with E-state index in [4.69, 9.17) is 0 Å². The lowest BCUT2D eigenvalue weighted by Crippen LogP contribution is -2.15. The van der Waals surface area contributed by atoms with Gasteiger partial charge in [0.15, 0.2) is 0 Å². The Hall–Kier alpha value is -2.63. The van der Waals surface area contributed by atoms with Crippen molar-refractivity contribution in [2.45, 2.75) is 0 Å². The number of pyridine rings is 1. The number of hydrogen-bond donors (Lipinski definition) is 3. The molecule has 92 valence electrons. The van der Waals surface area contributed by atoms with Crippen LogP contribution in [-0.2, 0) is 0 Å². The van der Waals surface area contributed by atoms with E-state index >= 15 is 0 Å². The average Bonchev–Trinajstić information content (AvgIpc) is 2.28. The zero-order chi connectivity index (χ0) is 13.1. The molecule has 0 radical (unpaired) electrons. The van der Waals surface area contributed by atoms with Gasteiger partial charge in [0.05, 0.1) is 5.56 Å². The Labute approximate surface area is 101 Å². The van der Waals surface area contributed by atoms with Gasteiger partial charge in [-0.3, -0.25) is 9.59 Å². The third-order valence-electron chi connectivity index (χ3n) is 2.23. The van der Waals surface area contributed by atoms with Crippen LogP contribution in [0.25, 0.3) is 0 Å². The molecule has 1 heterocycles. The van der Waals surface area contributed by atoms with Crippen LogP contribution in [0, 0.1) is 5.82 Å². The largest absolute Gasteiger partial charge is 0.507 e. The fourth-order valence-corrected chi connectivity index (χ4v) is 1.41. The first-order valence-corrected chi connectivity index (χ1v) is 5.05. The van der Waals surface area contributed by atoms with Crippen molar-refractivity contribution in [1.29, 1.82) is 0 Å². The van der Waals surface area contributed by atoms with E-state index in [1.165, 1.54) is 18.2 Å². The average molecular weight is 248 g/mol. The molecule has 0 aliphatic rings. The predicted molar refractivity (Wildman–Crippen MR) is 63.1 cm³/mol. The molecular weight excluding hydrogens is 239 g/mol. The highest BCUT2D eigenvalue weighted by Crippen LogP contribution is 2.15.